The molecular weight excluding hydrogens is 403 g/mol. The fraction of sp³-hybridized carbons (Fsp3) is 0.200. The summed E-state index contributed by atoms with van der Waals surface area (Å²) >= 11 is -0.349. The molecule has 1 N–H and O–H groups in total. The minimum absolute atomic E-state index is 0.00957. The summed E-state index contributed by atoms with van der Waals surface area (Å²) in [4.78, 5) is 16.0. The zero-order chi connectivity index (χ0) is 19.0. The van der Waals surface area contributed by atoms with Crippen LogP contribution in [0.3, 0.4) is 0 Å². The summed E-state index contributed by atoms with van der Waals surface area (Å²) in [6.45, 7) is 4.36. The molecule has 2 aromatic carbocycles. The molecule has 2 heterocycles. The van der Waals surface area contributed by atoms with E-state index < -0.39 is 0 Å². The Balaban J connectivity index is 1.64. The van der Waals surface area contributed by atoms with Crippen LogP contribution in [0.25, 0.3) is 22.8 Å². The fourth-order valence-corrected chi connectivity index (χ4v) is 5.29. The Morgan fingerprint density at radius 3 is 2.81 bits per heavy atom. The summed E-state index contributed by atoms with van der Waals surface area (Å²) in [6.07, 6.45) is 0.399. The van der Waals surface area contributed by atoms with Crippen molar-refractivity contribution < 1.29 is 9.32 Å². The molecule has 4 rings (SSSR count). The number of benzene rings is 2. The molecule has 1 aliphatic heterocycles. The van der Waals surface area contributed by atoms with Crippen molar-refractivity contribution in [3.8, 4) is 28.9 Å². The fourth-order valence-electron chi connectivity index (χ4n) is 3.02. The van der Waals surface area contributed by atoms with Gasteiger partial charge in [0.25, 0.3) is 0 Å². The third kappa shape index (κ3) is 3.51. The van der Waals surface area contributed by atoms with Gasteiger partial charge in [-0.1, -0.05) is 0 Å². The predicted octanol–water partition coefficient (Wildman–Crippen LogP) is 2.66. The quantitative estimate of drug-likeness (QED) is 0.656. The second-order valence-corrected chi connectivity index (χ2v) is 10.8. The molecule has 0 spiro atoms. The Kier molecular flexibility index (Phi) is 4.55. The van der Waals surface area contributed by atoms with E-state index in [0.717, 1.165) is 26.7 Å². The number of carbonyl (C=O) groups excluding carboxylic acids is 1. The van der Waals surface area contributed by atoms with Gasteiger partial charge in [-0.2, -0.15) is 0 Å². The zero-order valence-electron chi connectivity index (χ0n) is 14.9. The van der Waals surface area contributed by atoms with E-state index in [4.69, 9.17) is 4.52 Å². The SMILES string of the molecule is CC(C)[AsH]c1ccc(-c2nc(-c3ccc4c(c3)NC(=O)C4)no2)cc1C#N. The number of anilines is 1. The van der Waals surface area contributed by atoms with Crippen molar-refractivity contribution in [3.05, 3.63) is 47.5 Å². The van der Waals surface area contributed by atoms with Gasteiger partial charge in [0.05, 0.1) is 0 Å². The van der Waals surface area contributed by atoms with Gasteiger partial charge >= 0.3 is 158 Å². The molecule has 134 valence electrons. The first-order chi connectivity index (χ1) is 13.0. The van der Waals surface area contributed by atoms with E-state index in [0.29, 0.717) is 28.4 Å². The summed E-state index contributed by atoms with van der Waals surface area (Å²) in [5, 5.41) is 16.4. The molecule has 0 bridgehead atoms. The molecule has 0 aliphatic carbocycles. The maximum absolute atomic E-state index is 11.5. The summed E-state index contributed by atoms with van der Waals surface area (Å²) < 4.78 is 7.16. The molecule has 6 nitrogen and oxygen atoms in total. The van der Waals surface area contributed by atoms with Crippen LogP contribution in [-0.2, 0) is 11.2 Å². The van der Waals surface area contributed by atoms with Gasteiger partial charge in [0.15, 0.2) is 0 Å². The number of hydrogen-bond donors (Lipinski definition) is 1. The topological polar surface area (TPSA) is 91.8 Å². The predicted molar refractivity (Wildman–Crippen MR) is 104 cm³/mol. The Hall–Kier alpha value is -2.90. The molecule has 7 heteroatoms. The molecule has 0 saturated carbocycles. The van der Waals surface area contributed by atoms with Gasteiger partial charge in [-0.25, -0.2) is 0 Å². The summed E-state index contributed by atoms with van der Waals surface area (Å²) in [6, 6.07) is 13.7. The van der Waals surface area contributed by atoms with Crippen LogP contribution >= 0.6 is 0 Å². The number of hydrogen-bond acceptors (Lipinski definition) is 5. The molecular formula is C20H17AsN4O2. The first kappa shape index (κ1) is 17.5. The van der Waals surface area contributed by atoms with E-state index in [1.807, 2.05) is 36.4 Å². The molecule has 1 aromatic heterocycles. The van der Waals surface area contributed by atoms with Crippen LogP contribution in [0.4, 0.5) is 5.69 Å². The van der Waals surface area contributed by atoms with E-state index in [-0.39, 0.29) is 21.7 Å². The Morgan fingerprint density at radius 2 is 2.04 bits per heavy atom. The van der Waals surface area contributed by atoms with Crippen LogP contribution < -0.4 is 9.67 Å². The maximum atomic E-state index is 11.5. The molecule has 0 saturated heterocycles. The van der Waals surface area contributed by atoms with Crippen LogP contribution in [0, 0.1) is 11.3 Å². The third-order valence-corrected chi connectivity index (χ3v) is 7.03. The number of carbonyl (C=O) groups is 1. The van der Waals surface area contributed by atoms with E-state index in [1.165, 1.54) is 0 Å². The Labute approximate surface area is 163 Å². The summed E-state index contributed by atoms with van der Waals surface area (Å²) in [5.41, 5.74) is 3.95. The summed E-state index contributed by atoms with van der Waals surface area (Å²) in [7, 11) is 0. The average Bonchev–Trinajstić information content (AvgIpc) is 3.26. The molecule has 0 fully saturated rings. The van der Waals surface area contributed by atoms with Crippen molar-refractivity contribution in [3.63, 3.8) is 0 Å². The number of aromatic nitrogens is 2. The first-order valence-corrected chi connectivity index (χ1v) is 10.9. The number of fused-ring (bicyclic) bond motifs is 1. The monoisotopic (exact) mass is 420 g/mol. The van der Waals surface area contributed by atoms with E-state index in [1.54, 1.807) is 0 Å². The van der Waals surface area contributed by atoms with Crippen molar-refractivity contribution in [2.75, 3.05) is 5.32 Å². The van der Waals surface area contributed by atoms with Crippen LogP contribution in [0.1, 0.15) is 25.0 Å². The van der Waals surface area contributed by atoms with E-state index in [2.05, 4.69) is 35.4 Å². The second kappa shape index (κ2) is 7.02. The molecule has 1 unspecified atom stereocenters. The van der Waals surface area contributed by atoms with Crippen LogP contribution in [-0.4, -0.2) is 31.8 Å². The molecule has 3 aromatic rings. The molecule has 0 radical (unpaired) electrons. The Bertz CT molecular complexity index is 1080. The van der Waals surface area contributed by atoms with Gasteiger partial charge in [-0.05, 0) is 0 Å². The zero-order valence-corrected chi connectivity index (χ0v) is 17.0. The third-order valence-electron chi connectivity index (χ3n) is 4.25. The second-order valence-electron chi connectivity index (χ2n) is 6.69. The van der Waals surface area contributed by atoms with Crippen LogP contribution in [0.2, 0.25) is 4.71 Å². The summed E-state index contributed by atoms with van der Waals surface area (Å²) in [5.74, 6) is 0.818. The van der Waals surface area contributed by atoms with Crippen molar-refractivity contribution in [1.82, 2.24) is 10.1 Å². The van der Waals surface area contributed by atoms with E-state index in [9.17, 15) is 10.1 Å². The van der Waals surface area contributed by atoms with Gasteiger partial charge in [0, 0.05) is 0 Å². The number of nitriles is 1. The standard InChI is InChI=1S/C20H17AsN4O2/c1-11(2)21-16-6-5-14(7-15(16)10-22)20-24-19(25-27-20)13-4-3-12-9-18(26)23-17(12)8-13/h3-8,11,21H,9H2,1-2H3,(H,23,26). The molecule has 1 amide bonds. The molecule has 1 atom stereocenters. The van der Waals surface area contributed by atoms with Gasteiger partial charge in [0.1, 0.15) is 0 Å². The van der Waals surface area contributed by atoms with Crippen molar-refractivity contribution in [2.24, 2.45) is 0 Å². The molecule has 1 aliphatic rings. The number of amides is 1. The first-order valence-electron chi connectivity index (χ1n) is 8.61. The van der Waals surface area contributed by atoms with Crippen molar-refractivity contribution in [2.45, 2.75) is 25.0 Å². The van der Waals surface area contributed by atoms with Gasteiger partial charge in [-0.15, -0.1) is 0 Å². The van der Waals surface area contributed by atoms with Crippen LogP contribution in [0.15, 0.2) is 40.9 Å². The number of nitrogens with one attached hydrogen (secondary N) is 1. The number of rotatable bonds is 4. The van der Waals surface area contributed by atoms with Gasteiger partial charge in [0.2, 0.25) is 0 Å². The number of nitrogens with zero attached hydrogens (tertiary/aromatic N) is 3. The van der Waals surface area contributed by atoms with Crippen LogP contribution in [0.5, 0.6) is 0 Å². The Morgan fingerprint density at radius 1 is 1.22 bits per heavy atom. The van der Waals surface area contributed by atoms with Crippen molar-refractivity contribution in [1.29, 1.82) is 5.26 Å². The van der Waals surface area contributed by atoms with Gasteiger partial charge in [-0.3, -0.25) is 4.79 Å². The molecule has 27 heavy (non-hydrogen) atoms. The average molecular weight is 420 g/mol. The van der Waals surface area contributed by atoms with E-state index >= 15 is 0 Å². The van der Waals surface area contributed by atoms with Crippen molar-refractivity contribution >= 4 is 31.7 Å². The minimum atomic E-state index is -0.349. The van der Waals surface area contributed by atoms with Gasteiger partial charge < -0.3 is 0 Å². The normalized spacial score (nSPS) is 13.2.